The molecule has 0 bridgehead atoms. The minimum atomic E-state index is 0.0646. The standard InChI is InChI=1S/C14H20N2O4/c1-18-11-5-10(6-12(19-2)14(11)20-3)16-8-9(7-15)4-13(16)17/h5-6,9H,4,7-8,15H2,1-3H3. The third-order valence-electron chi connectivity index (χ3n) is 3.50. The number of nitrogens with zero attached hydrogens (tertiary/aromatic N) is 1. The summed E-state index contributed by atoms with van der Waals surface area (Å²) >= 11 is 0. The van der Waals surface area contributed by atoms with Crippen molar-refractivity contribution in [2.45, 2.75) is 6.42 Å². The molecule has 110 valence electrons. The molecule has 0 radical (unpaired) electrons. The molecule has 1 heterocycles. The van der Waals surface area contributed by atoms with E-state index in [0.29, 0.717) is 36.8 Å². The van der Waals surface area contributed by atoms with Crippen LogP contribution in [0.1, 0.15) is 6.42 Å². The van der Waals surface area contributed by atoms with Crippen LogP contribution in [0, 0.1) is 5.92 Å². The molecule has 0 saturated carbocycles. The number of amides is 1. The number of carbonyl (C=O) groups is 1. The molecule has 1 saturated heterocycles. The second-order valence-corrected chi connectivity index (χ2v) is 4.69. The van der Waals surface area contributed by atoms with Gasteiger partial charge in [-0.25, -0.2) is 0 Å². The fourth-order valence-electron chi connectivity index (χ4n) is 2.41. The Morgan fingerprint density at radius 3 is 2.20 bits per heavy atom. The van der Waals surface area contributed by atoms with E-state index in [2.05, 4.69) is 0 Å². The van der Waals surface area contributed by atoms with Crippen LogP contribution < -0.4 is 24.8 Å². The first-order valence-electron chi connectivity index (χ1n) is 6.45. The molecular weight excluding hydrogens is 260 g/mol. The Labute approximate surface area is 118 Å². The van der Waals surface area contributed by atoms with E-state index in [1.54, 1.807) is 38.4 Å². The number of carbonyl (C=O) groups excluding carboxylic acids is 1. The molecule has 1 aromatic rings. The predicted octanol–water partition coefficient (Wildman–Crippen LogP) is 1.02. The van der Waals surface area contributed by atoms with Crippen LogP contribution in [0.15, 0.2) is 12.1 Å². The van der Waals surface area contributed by atoms with Crippen LogP contribution in [-0.4, -0.2) is 40.3 Å². The summed E-state index contributed by atoms with van der Waals surface area (Å²) in [6.07, 6.45) is 0.479. The van der Waals surface area contributed by atoms with Gasteiger partial charge in [0, 0.05) is 25.1 Å². The van der Waals surface area contributed by atoms with Gasteiger partial charge in [-0.2, -0.15) is 0 Å². The predicted molar refractivity (Wildman–Crippen MR) is 75.6 cm³/mol. The lowest BCUT2D eigenvalue weighted by molar-refractivity contribution is -0.117. The fourth-order valence-corrected chi connectivity index (χ4v) is 2.41. The molecule has 1 amide bonds. The zero-order valence-corrected chi connectivity index (χ0v) is 12.0. The highest BCUT2D eigenvalue weighted by molar-refractivity contribution is 5.96. The Balaban J connectivity index is 2.40. The molecule has 20 heavy (non-hydrogen) atoms. The lowest BCUT2D eigenvalue weighted by Crippen LogP contribution is -2.25. The van der Waals surface area contributed by atoms with Crippen LogP contribution >= 0.6 is 0 Å². The summed E-state index contributed by atoms with van der Waals surface area (Å²) < 4.78 is 15.9. The summed E-state index contributed by atoms with van der Waals surface area (Å²) in [5.41, 5.74) is 6.38. The lowest BCUT2D eigenvalue weighted by Gasteiger charge is -2.20. The van der Waals surface area contributed by atoms with Crippen molar-refractivity contribution in [1.82, 2.24) is 0 Å². The normalized spacial score (nSPS) is 18.3. The molecule has 1 atom stereocenters. The maximum absolute atomic E-state index is 12.1. The second-order valence-electron chi connectivity index (χ2n) is 4.69. The van der Waals surface area contributed by atoms with E-state index in [4.69, 9.17) is 19.9 Å². The van der Waals surface area contributed by atoms with Gasteiger partial charge in [0.05, 0.1) is 27.0 Å². The summed E-state index contributed by atoms with van der Waals surface area (Å²) in [5.74, 6) is 1.84. The average Bonchev–Trinajstić information content (AvgIpc) is 2.86. The molecule has 0 aromatic heterocycles. The van der Waals surface area contributed by atoms with Crippen molar-refractivity contribution < 1.29 is 19.0 Å². The minimum Gasteiger partial charge on any atom is -0.493 e. The zero-order chi connectivity index (χ0) is 14.7. The topological polar surface area (TPSA) is 74.0 Å². The number of nitrogens with two attached hydrogens (primary N) is 1. The Morgan fingerprint density at radius 2 is 1.80 bits per heavy atom. The summed E-state index contributed by atoms with van der Waals surface area (Å²) in [7, 11) is 4.65. The number of hydrogen-bond acceptors (Lipinski definition) is 5. The Kier molecular flexibility index (Phi) is 4.34. The quantitative estimate of drug-likeness (QED) is 0.871. The molecular formula is C14H20N2O4. The van der Waals surface area contributed by atoms with Crippen LogP contribution in [0.4, 0.5) is 5.69 Å². The van der Waals surface area contributed by atoms with E-state index in [1.165, 1.54) is 0 Å². The smallest absolute Gasteiger partial charge is 0.227 e. The summed E-state index contributed by atoms with van der Waals surface area (Å²) in [4.78, 5) is 13.8. The van der Waals surface area contributed by atoms with E-state index in [9.17, 15) is 4.79 Å². The van der Waals surface area contributed by atoms with Gasteiger partial charge in [-0.15, -0.1) is 0 Å². The molecule has 2 N–H and O–H groups in total. The molecule has 1 aliphatic rings. The van der Waals surface area contributed by atoms with Crippen molar-refractivity contribution in [1.29, 1.82) is 0 Å². The minimum absolute atomic E-state index is 0.0646. The number of anilines is 1. The highest BCUT2D eigenvalue weighted by Crippen LogP contribution is 2.42. The van der Waals surface area contributed by atoms with E-state index < -0.39 is 0 Å². The number of benzene rings is 1. The molecule has 1 unspecified atom stereocenters. The Bertz CT molecular complexity index is 479. The third kappa shape index (κ3) is 2.51. The van der Waals surface area contributed by atoms with E-state index in [0.717, 1.165) is 5.69 Å². The van der Waals surface area contributed by atoms with Gasteiger partial charge in [0.25, 0.3) is 0 Å². The highest BCUT2D eigenvalue weighted by Gasteiger charge is 2.31. The van der Waals surface area contributed by atoms with Gasteiger partial charge in [0.15, 0.2) is 11.5 Å². The maximum atomic E-state index is 12.1. The van der Waals surface area contributed by atoms with Crippen molar-refractivity contribution in [2.75, 3.05) is 39.3 Å². The summed E-state index contributed by atoms with van der Waals surface area (Å²) in [6, 6.07) is 3.55. The van der Waals surface area contributed by atoms with E-state index >= 15 is 0 Å². The van der Waals surface area contributed by atoms with Crippen molar-refractivity contribution in [3.63, 3.8) is 0 Å². The van der Waals surface area contributed by atoms with Crippen molar-refractivity contribution in [3.05, 3.63) is 12.1 Å². The van der Waals surface area contributed by atoms with Crippen LogP contribution in [0.25, 0.3) is 0 Å². The first-order valence-corrected chi connectivity index (χ1v) is 6.45. The number of ether oxygens (including phenoxy) is 3. The Morgan fingerprint density at radius 1 is 1.20 bits per heavy atom. The van der Waals surface area contributed by atoms with Gasteiger partial charge in [-0.05, 0) is 12.5 Å². The van der Waals surface area contributed by atoms with Gasteiger partial charge in [-0.3, -0.25) is 4.79 Å². The summed E-state index contributed by atoms with van der Waals surface area (Å²) in [5, 5.41) is 0. The lowest BCUT2D eigenvalue weighted by atomic mass is 10.1. The van der Waals surface area contributed by atoms with E-state index in [-0.39, 0.29) is 11.8 Å². The van der Waals surface area contributed by atoms with Crippen LogP contribution in [0.3, 0.4) is 0 Å². The van der Waals surface area contributed by atoms with Crippen LogP contribution in [-0.2, 0) is 4.79 Å². The molecule has 2 rings (SSSR count). The van der Waals surface area contributed by atoms with Crippen molar-refractivity contribution in [2.24, 2.45) is 11.7 Å². The van der Waals surface area contributed by atoms with Gasteiger partial charge in [0.1, 0.15) is 0 Å². The Hall–Kier alpha value is -1.95. The molecule has 6 heteroatoms. The molecule has 1 fully saturated rings. The monoisotopic (exact) mass is 280 g/mol. The average molecular weight is 280 g/mol. The molecule has 1 aromatic carbocycles. The van der Waals surface area contributed by atoms with Crippen LogP contribution in [0.5, 0.6) is 17.2 Å². The largest absolute Gasteiger partial charge is 0.493 e. The van der Waals surface area contributed by atoms with Crippen molar-refractivity contribution in [3.8, 4) is 17.2 Å². The molecule has 0 aliphatic carbocycles. The zero-order valence-electron chi connectivity index (χ0n) is 12.0. The van der Waals surface area contributed by atoms with Gasteiger partial charge < -0.3 is 24.8 Å². The molecule has 6 nitrogen and oxygen atoms in total. The SMILES string of the molecule is COc1cc(N2CC(CN)CC2=O)cc(OC)c1OC. The third-order valence-corrected chi connectivity index (χ3v) is 3.50. The first-order chi connectivity index (χ1) is 9.64. The highest BCUT2D eigenvalue weighted by atomic mass is 16.5. The van der Waals surface area contributed by atoms with Crippen molar-refractivity contribution >= 4 is 11.6 Å². The van der Waals surface area contributed by atoms with Gasteiger partial charge >= 0.3 is 0 Å². The maximum Gasteiger partial charge on any atom is 0.227 e. The van der Waals surface area contributed by atoms with Gasteiger partial charge in [0.2, 0.25) is 11.7 Å². The molecule has 0 spiro atoms. The number of methoxy groups -OCH3 is 3. The molecule has 1 aliphatic heterocycles. The fraction of sp³-hybridized carbons (Fsp3) is 0.500. The van der Waals surface area contributed by atoms with E-state index in [1.807, 2.05) is 0 Å². The van der Waals surface area contributed by atoms with Crippen LogP contribution in [0.2, 0.25) is 0 Å². The second kappa shape index (κ2) is 6.00. The van der Waals surface area contributed by atoms with Gasteiger partial charge in [-0.1, -0.05) is 0 Å². The first kappa shape index (κ1) is 14.5. The number of rotatable bonds is 5. The number of hydrogen-bond donors (Lipinski definition) is 1. The summed E-state index contributed by atoms with van der Waals surface area (Å²) in [6.45, 7) is 1.13.